The number of carbonyl (C=O) groups is 1. The Labute approximate surface area is 173 Å². The van der Waals surface area contributed by atoms with Gasteiger partial charge in [-0.25, -0.2) is 19.2 Å². The molecule has 0 radical (unpaired) electrons. The number of anilines is 1. The Morgan fingerprint density at radius 2 is 2.14 bits per heavy atom. The van der Waals surface area contributed by atoms with Gasteiger partial charge in [0.2, 0.25) is 0 Å². The fourth-order valence-electron chi connectivity index (χ4n) is 4.06. The minimum atomic E-state index is -0.660. The van der Waals surface area contributed by atoms with E-state index in [2.05, 4.69) is 36.1 Å². The fraction of sp³-hybridized carbons (Fsp3) is 0.737. The highest BCUT2D eigenvalue weighted by Crippen LogP contribution is 2.43. The molecule has 0 bridgehead atoms. The second-order valence-corrected chi connectivity index (χ2v) is 9.40. The van der Waals surface area contributed by atoms with E-state index in [1.54, 1.807) is 6.20 Å². The molecule has 7 nitrogen and oxygen atoms in total. The number of ether oxygens (including phenoxy) is 2. The molecular formula is C19H28BrFN4O3. The highest BCUT2D eigenvalue weighted by Gasteiger charge is 2.50. The van der Waals surface area contributed by atoms with E-state index >= 15 is 0 Å². The molecule has 0 saturated carbocycles. The highest BCUT2D eigenvalue weighted by molar-refractivity contribution is 9.10. The molecule has 2 saturated heterocycles. The number of rotatable bonds is 3. The SMILES string of the molecule is C[C@@H]1OCC2(CCN(c3ncc(Br)nc3CF)CC2)[C@@H]1NC(=O)OC(C)(C)C. The monoisotopic (exact) mass is 458 g/mol. The van der Waals surface area contributed by atoms with Gasteiger partial charge in [-0.2, -0.15) is 0 Å². The van der Waals surface area contributed by atoms with Crippen molar-refractivity contribution in [1.29, 1.82) is 0 Å². The van der Waals surface area contributed by atoms with Crippen LogP contribution in [0.5, 0.6) is 0 Å². The molecule has 2 fully saturated rings. The molecule has 1 aromatic heterocycles. The maximum absolute atomic E-state index is 13.4. The summed E-state index contributed by atoms with van der Waals surface area (Å²) < 4.78 is 25.2. The molecule has 0 aliphatic carbocycles. The summed E-state index contributed by atoms with van der Waals surface area (Å²) in [6, 6.07) is -0.124. The number of nitrogens with zero attached hydrogens (tertiary/aromatic N) is 3. The zero-order valence-corrected chi connectivity index (χ0v) is 18.4. The molecule has 3 heterocycles. The lowest BCUT2D eigenvalue weighted by Gasteiger charge is -2.43. The highest BCUT2D eigenvalue weighted by atomic mass is 79.9. The smallest absolute Gasteiger partial charge is 0.407 e. The van der Waals surface area contributed by atoms with E-state index in [0.29, 0.717) is 35.8 Å². The summed E-state index contributed by atoms with van der Waals surface area (Å²) in [6.45, 7) is 8.84. The van der Waals surface area contributed by atoms with Crippen molar-refractivity contribution >= 4 is 27.8 Å². The first-order valence-electron chi connectivity index (χ1n) is 9.57. The number of halogens is 2. The van der Waals surface area contributed by atoms with Crippen molar-refractivity contribution in [2.24, 2.45) is 5.41 Å². The lowest BCUT2D eigenvalue weighted by atomic mass is 9.73. The Balaban J connectivity index is 1.70. The predicted molar refractivity (Wildman–Crippen MR) is 107 cm³/mol. The van der Waals surface area contributed by atoms with Crippen LogP contribution < -0.4 is 10.2 Å². The van der Waals surface area contributed by atoms with Gasteiger partial charge < -0.3 is 19.7 Å². The lowest BCUT2D eigenvalue weighted by Crippen LogP contribution is -2.55. The molecule has 28 heavy (non-hydrogen) atoms. The van der Waals surface area contributed by atoms with Gasteiger partial charge in [0, 0.05) is 18.5 Å². The Morgan fingerprint density at radius 3 is 2.75 bits per heavy atom. The van der Waals surface area contributed by atoms with E-state index in [-0.39, 0.29) is 17.6 Å². The van der Waals surface area contributed by atoms with Gasteiger partial charge in [0.05, 0.1) is 24.9 Å². The fourth-order valence-corrected chi connectivity index (χ4v) is 4.37. The Bertz CT molecular complexity index is 720. The number of aromatic nitrogens is 2. The average Bonchev–Trinajstić information content (AvgIpc) is 2.90. The number of carbonyl (C=O) groups excluding carboxylic acids is 1. The quantitative estimate of drug-likeness (QED) is 0.745. The number of alkyl carbamates (subject to hydrolysis) is 1. The normalized spacial score (nSPS) is 24.4. The second-order valence-electron chi connectivity index (χ2n) is 8.59. The van der Waals surface area contributed by atoms with Gasteiger partial charge in [-0.05, 0) is 56.5 Å². The van der Waals surface area contributed by atoms with E-state index in [0.717, 1.165) is 12.8 Å². The van der Waals surface area contributed by atoms with Crippen molar-refractivity contribution < 1.29 is 18.7 Å². The predicted octanol–water partition coefficient (Wildman–Crippen LogP) is 3.61. The molecule has 2 aliphatic heterocycles. The minimum Gasteiger partial charge on any atom is -0.444 e. The van der Waals surface area contributed by atoms with Gasteiger partial charge in [-0.3, -0.25) is 0 Å². The van der Waals surface area contributed by atoms with Gasteiger partial charge in [0.15, 0.2) is 5.82 Å². The summed E-state index contributed by atoms with van der Waals surface area (Å²) in [5.74, 6) is 0.587. The summed E-state index contributed by atoms with van der Waals surface area (Å²) >= 11 is 3.24. The van der Waals surface area contributed by atoms with Crippen LogP contribution in [0.4, 0.5) is 15.0 Å². The molecule has 156 valence electrons. The molecule has 2 atom stereocenters. The minimum absolute atomic E-state index is 0.0899. The van der Waals surface area contributed by atoms with Crippen molar-refractivity contribution in [3.63, 3.8) is 0 Å². The third-order valence-corrected chi connectivity index (χ3v) is 5.80. The molecular weight excluding hydrogens is 431 g/mol. The van der Waals surface area contributed by atoms with Crippen LogP contribution in [0.3, 0.4) is 0 Å². The van der Waals surface area contributed by atoms with Crippen LogP contribution in [0.1, 0.15) is 46.2 Å². The second kappa shape index (κ2) is 8.10. The molecule has 0 unspecified atom stereocenters. The third-order valence-electron chi connectivity index (χ3n) is 5.41. The van der Waals surface area contributed by atoms with E-state index in [9.17, 15) is 9.18 Å². The van der Waals surface area contributed by atoms with E-state index in [4.69, 9.17) is 9.47 Å². The van der Waals surface area contributed by atoms with Crippen molar-refractivity contribution in [2.45, 2.75) is 65.0 Å². The van der Waals surface area contributed by atoms with Gasteiger partial charge in [0.25, 0.3) is 0 Å². The van der Waals surface area contributed by atoms with Gasteiger partial charge in [-0.15, -0.1) is 0 Å². The van der Waals surface area contributed by atoms with Crippen molar-refractivity contribution in [3.05, 3.63) is 16.5 Å². The first-order chi connectivity index (χ1) is 13.1. The van der Waals surface area contributed by atoms with Gasteiger partial charge in [0.1, 0.15) is 22.6 Å². The van der Waals surface area contributed by atoms with Crippen LogP contribution in [0.15, 0.2) is 10.8 Å². The van der Waals surface area contributed by atoms with E-state index < -0.39 is 18.4 Å². The van der Waals surface area contributed by atoms with Crippen LogP contribution in [-0.2, 0) is 16.1 Å². The standard InChI is InChI=1S/C19H28BrFN4O3/c1-12-15(24-17(26)28-18(2,3)4)19(11-27-12)5-7-25(8-6-19)16-13(9-21)23-14(20)10-22-16/h10,12,15H,5-9,11H2,1-4H3,(H,24,26)/t12-,15+/m0/s1. The number of hydrogen-bond donors (Lipinski definition) is 1. The largest absolute Gasteiger partial charge is 0.444 e. The maximum Gasteiger partial charge on any atom is 0.407 e. The molecule has 9 heteroatoms. The number of amides is 1. The molecule has 1 spiro atoms. The number of nitrogens with one attached hydrogen (secondary N) is 1. The summed E-state index contributed by atoms with van der Waals surface area (Å²) in [4.78, 5) is 22.9. The van der Waals surface area contributed by atoms with Gasteiger partial charge >= 0.3 is 6.09 Å². The summed E-state index contributed by atoms with van der Waals surface area (Å²) in [5, 5.41) is 3.03. The van der Waals surface area contributed by atoms with Crippen molar-refractivity contribution in [2.75, 3.05) is 24.6 Å². The van der Waals surface area contributed by atoms with Gasteiger partial charge in [-0.1, -0.05) is 0 Å². The Hall–Kier alpha value is -1.48. The van der Waals surface area contributed by atoms with Crippen molar-refractivity contribution in [1.82, 2.24) is 15.3 Å². The van der Waals surface area contributed by atoms with Crippen LogP contribution in [-0.4, -0.2) is 53.5 Å². The van der Waals surface area contributed by atoms with Crippen molar-refractivity contribution in [3.8, 4) is 0 Å². The van der Waals surface area contributed by atoms with Crippen LogP contribution in [0.25, 0.3) is 0 Å². The first kappa shape index (κ1) is 21.2. The lowest BCUT2D eigenvalue weighted by molar-refractivity contribution is 0.0434. The number of piperidine rings is 1. The first-order valence-corrected chi connectivity index (χ1v) is 10.4. The van der Waals surface area contributed by atoms with Crippen LogP contribution in [0, 0.1) is 5.41 Å². The van der Waals surface area contributed by atoms with E-state index in [1.165, 1.54) is 0 Å². The third kappa shape index (κ3) is 4.56. The Morgan fingerprint density at radius 1 is 1.46 bits per heavy atom. The summed E-state index contributed by atoms with van der Waals surface area (Å²) in [6.07, 6.45) is 2.69. The number of hydrogen-bond acceptors (Lipinski definition) is 6. The average molecular weight is 459 g/mol. The van der Waals surface area contributed by atoms with E-state index in [1.807, 2.05) is 27.7 Å². The molecule has 2 aliphatic rings. The van der Waals surface area contributed by atoms with Crippen LogP contribution >= 0.6 is 15.9 Å². The Kier molecular flexibility index (Phi) is 6.14. The maximum atomic E-state index is 13.4. The molecule has 0 aromatic carbocycles. The zero-order chi connectivity index (χ0) is 20.5. The summed E-state index contributed by atoms with van der Waals surface area (Å²) in [7, 11) is 0. The molecule has 3 rings (SSSR count). The topological polar surface area (TPSA) is 76.6 Å². The number of alkyl halides is 1. The molecule has 1 aromatic rings. The van der Waals surface area contributed by atoms with Crippen LogP contribution in [0.2, 0.25) is 0 Å². The summed E-state index contributed by atoms with van der Waals surface area (Å²) in [5.41, 5.74) is -0.373. The zero-order valence-electron chi connectivity index (χ0n) is 16.8. The molecule has 1 amide bonds. The molecule has 1 N–H and O–H groups in total.